The van der Waals surface area contributed by atoms with Gasteiger partial charge in [0.25, 0.3) is 0 Å². The van der Waals surface area contributed by atoms with E-state index >= 15 is 0 Å². The second-order valence-electron chi connectivity index (χ2n) is 5.59. The number of primary amides is 1. The molecule has 0 aliphatic heterocycles. The Kier molecular flexibility index (Phi) is 5.48. The van der Waals surface area contributed by atoms with Crippen LogP contribution in [0.2, 0.25) is 0 Å². The summed E-state index contributed by atoms with van der Waals surface area (Å²) in [6.07, 6.45) is -0.484. The molecule has 116 valence electrons. The maximum atomic E-state index is 11.6. The summed E-state index contributed by atoms with van der Waals surface area (Å²) < 4.78 is 5.16. The average molecular weight is 311 g/mol. The average Bonchev–Trinajstić information content (AvgIpc) is 2.31. The third-order valence-electron chi connectivity index (χ3n) is 2.62. The number of rotatable bonds is 3. The largest absolute Gasteiger partial charge is 0.444 e. The van der Waals surface area contributed by atoms with Crippen LogP contribution in [-0.4, -0.2) is 17.7 Å². The molecule has 0 bridgehead atoms. The fraction of sp³-hybridized carbons (Fsp3) is 0.429. The summed E-state index contributed by atoms with van der Waals surface area (Å²) in [4.78, 5) is 23.1. The van der Waals surface area contributed by atoms with Gasteiger partial charge in [-0.2, -0.15) is 0 Å². The molecule has 0 aliphatic rings. The Balaban J connectivity index is 2.75. The van der Waals surface area contributed by atoms with Gasteiger partial charge in [-0.1, -0.05) is 6.07 Å². The Hall–Kier alpha value is -1.89. The molecule has 0 aromatic heterocycles. The lowest BCUT2D eigenvalue weighted by Gasteiger charge is -2.20. The zero-order valence-electron chi connectivity index (χ0n) is 12.6. The van der Waals surface area contributed by atoms with Gasteiger partial charge in [0.2, 0.25) is 0 Å². The van der Waals surface area contributed by atoms with E-state index in [2.05, 4.69) is 23.3 Å². The molecule has 0 heterocycles. The minimum absolute atomic E-state index is 0.311. The van der Waals surface area contributed by atoms with E-state index in [1.165, 1.54) is 0 Å². The molecule has 3 amide bonds. The number of thiol groups is 1. The van der Waals surface area contributed by atoms with Gasteiger partial charge in [0, 0.05) is 11.4 Å². The van der Waals surface area contributed by atoms with E-state index in [0.29, 0.717) is 17.1 Å². The molecule has 1 aromatic carbocycles. The number of ether oxygens (including phenoxy) is 1. The van der Waals surface area contributed by atoms with E-state index in [0.717, 1.165) is 11.1 Å². The van der Waals surface area contributed by atoms with Gasteiger partial charge in [0.15, 0.2) is 0 Å². The molecule has 4 N–H and O–H groups in total. The standard InChI is InChI=1S/C14H21N3O3S/c1-8-9(7-16-13(19)20-14(2,3)4)5-6-10(11(8)21)17-12(15)18/h5-6,21H,7H2,1-4H3,(H,16,19)(H3,15,17,18). The number of hydrogen-bond donors (Lipinski definition) is 4. The first-order valence-electron chi connectivity index (χ1n) is 6.45. The zero-order valence-corrected chi connectivity index (χ0v) is 13.5. The molecule has 0 saturated heterocycles. The molecule has 0 saturated carbocycles. The van der Waals surface area contributed by atoms with Crippen LogP contribution in [0.5, 0.6) is 0 Å². The van der Waals surface area contributed by atoms with Gasteiger partial charge >= 0.3 is 12.1 Å². The molecular formula is C14H21N3O3S. The van der Waals surface area contributed by atoms with E-state index in [1.807, 2.05) is 6.92 Å². The van der Waals surface area contributed by atoms with Crippen molar-refractivity contribution in [3.05, 3.63) is 23.3 Å². The van der Waals surface area contributed by atoms with E-state index in [-0.39, 0.29) is 0 Å². The minimum Gasteiger partial charge on any atom is -0.444 e. The SMILES string of the molecule is Cc1c(CNC(=O)OC(C)(C)C)ccc(NC(N)=O)c1S. The van der Waals surface area contributed by atoms with E-state index in [1.54, 1.807) is 32.9 Å². The quantitative estimate of drug-likeness (QED) is 0.647. The van der Waals surface area contributed by atoms with Crippen LogP contribution >= 0.6 is 12.6 Å². The second-order valence-corrected chi connectivity index (χ2v) is 6.04. The molecule has 7 heteroatoms. The molecule has 21 heavy (non-hydrogen) atoms. The molecule has 0 unspecified atom stereocenters. The smallest absolute Gasteiger partial charge is 0.407 e. The van der Waals surface area contributed by atoms with Crippen molar-refractivity contribution in [1.82, 2.24) is 5.32 Å². The first kappa shape index (κ1) is 17.2. The van der Waals surface area contributed by atoms with E-state index in [4.69, 9.17) is 10.5 Å². The van der Waals surface area contributed by atoms with Gasteiger partial charge in [-0.25, -0.2) is 9.59 Å². The number of nitrogens with one attached hydrogen (secondary N) is 2. The molecule has 1 rings (SSSR count). The van der Waals surface area contributed by atoms with Gasteiger partial charge in [0.1, 0.15) is 5.60 Å². The lowest BCUT2D eigenvalue weighted by molar-refractivity contribution is 0.0523. The van der Waals surface area contributed by atoms with Crippen LogP contribution < -0.4 is 16.4 Å². The Labute approximate surface area is 129 Å². The first-order valence-corrected chi connectivity index (χ1v) is 6.89. The van der Waals surface area contributed by atoms with Crippen LogP contribution in [0.1, 0.15) is 31.9 Å². The summed E-state index contributed by atoms with van der Waals surface area (Å²) in [7, 11) is 0. The second kappa shape index (κ2) is 6.71. The number of amides is 3. The van der Waals surface area contributed by atoms with Crippen molar-refractivity contribution >= 4 is 30.4 Å². The highest BCUT2D eigenvalue weighted by molar-refractivity contribution is 7.80. The number of anilines is 1. The Bertz CT molecular complexity index is 553. The van der Waals surface area contributed by atoms with Crippen LogP contribution in [-0.2, 0) is 11.3 Å². The third kappa shape index (κ3) is 5.55. The van der Waals surface area contributed by atoms with Crippen molar-refractivity contribution < 1.29 is 14.3 Å². The molecule has 0 atom stereocenters. The highest BCUT2D eigenvalue weighted by Gasteiger charge is 2.16. The summed E-state index contributed by atoms with van der Waals surface area (Å²) in [5, 5.41) is 5.16. The van der Waals surface area contributed by atoms with Crippen molar-refractivity contribution in [2.24, 2.45) is 5.73 Å². The first-order chi connectivity index (χ1) is 9.60. The van der Waals surface area contributed by atoms with Gasteiger partial charge in [0.05, 0.1) is 5.69 Å². The molecule has 1 aromatic rings. The summed E-state index contributed by atoms with van der Waals surface area (Å²) in [6.45, 7) is 7.56. The van der Waals surface area contributed by atoms with Crippen molar-refractivity contribution in [3.63, 3.8) is 0 Å². The van der Waals surface area contributed by atoms with Gasteiger partial charge in [-0.15, -0.1) is 12.6 Å². The summed E-state index contributed by atoms with van der Waals surface area (Å²) >= 11 is 4.35. The summed E-state index contributed by atoms with van der Waals surface area (Å²) in [6, 6.07) is 2.83. The summed E-state index contributed by atoms with van der Waals surface area (Å²) in [5.41, 5.74) is 6.80. The topological polar surface area (TPSA) is 93.4 Å². The van der Waals surface area contributed by atoms with Crippen molar-refractivity contribution in [1.29, 1.82) is 0 Å². The lowest BCUT2D eigenvalue weighted by atomic mass is 10.1. The fourth-order valence-electron chi connectivity index (χ4n) is 1.65. The van der Waals surface area contributed by atoms with Crippen molar-refractivity contribution in [2.75, 3.05) is 5.32 Å². The van der Waals surface area contributed by atoms with Crippen LogP contribution in [0.25, 0.3) is 0 Å². The highest BCUT2D eigenvalue weighted by Crippen LogP contribution is 2.26. The van der Waals surface area contributed by atoms with E-state index < -0.39 is 17.7 Å². The highest BCUT2D eigenvalue weighted by atomic mass is 32.1. The predicted octanol–water partition coefficient (Wildman–Crippen LogP) is 2.80. The molecular weight excluding hydrogens is 290 g/mol. The molecule has 6 nitrogen and oxygen atoms in total. The van der Waals surface area contributed by atoms with Crippen LogP contribution in [0.4, 0.5) is 15.3 Å². The number of nitrogens with two attached hydrogens (primary N) is 1. The van der Waals surface area contributed by atoms with Gasteiger partial charge in [-0.3, -0.25) is 0 Å². The van der Waals surface area contributed by atoms with Gasteiger partial charge < -0.3 is 21.1 Å². The monoisotopic (exact) mass is 311 g/mol. The number of carbonyl (C=O) groups is 2. The molecule has 0 spiro atoms. The number of hydrogen-bond acceptors (Lipinski definition) is 4. The van der Waals surface area contributed by atoms with E-state index in [9.17, 15) is 9.59 Å². The number of carbonyl (C=O) groups excluding carboxylic acids is 2. The van der Waals surface area contributed by atoms with Gasteiger partial charge in [-0.05, 0) is 44.9 Å². The van der Waals surface area contributed by atoms with Crippen molar-refractivity contribution in [3.8, 4) is 0 Å². The summed E-state index contributed by atoms with van der Waals surface area (Å²) in [5.74, 6) is 0. The Morgan fingerprint density at radius 3 is 2.48 bits per heavy atom. The third-order valence-corrected chi connectivity index (χ3v) is 3.20. The molecule has 0 fully saturated rings. The van der Waals surface area contributed by atoms with Crippen LogP contribution in [0.15, 0.2) is 17.0 Å². The number of alkyl carbamates (subject to hydrolysis) is 1. The Morgan fingerprint density at radius 1 is 1.33 bits per heavy atom. The fourth-order valence-corrected chi connectivity index (χ4v) is 1.92. The Morgan fingerprint density at radius 2 is 1.95 bits per heavy atom. The van der Waals surface area contributed by atoms with Crippen LogP contribution in [0.3, 0.4) is 0 Å². The molecule has 0 aliphatic carbocycles. The maximum Gasteiger partial charge on any atom is 0.407 e. The predicted molar refractivity (Wildman–Crippen MR) is 84.7 cm³/mol. The zero-order chi connectivity index (χ0) is 16.2. The lowest BCUT2D eigenvalue weighted by Crippen LogP contribution is -2.32. The van der Waals surface area contributed by atoms with Crippen LogP contribution in [0, 0.1) is 6.92 Å². The number of urea groups is 1. The molecule has 0 radical (unpaired) electrons. The minimum atomic E-state index is -0.649. The van der Waals surface area contributed by atoms with Crippen molar-refractivity contribution in [2.45, 2.75) is 44.7 Å². The number of benzene rings is 1. The maximum absolute atomic E-state index is 11.6. The normalized spacial score (nSPS) is 10.9.